The highest BCUT2D eigenvalue weighted by Gasteiger charge is 2.33. The molecule has 0 bridgehead atoms. The summed E-state index contributed by atoms with van der Waals surface area (Å²) in [5, 5.41) is 3.40. The molecular formula is C29H34ClN3O4S. The molecule has 0 saturated carbocycles. The molecule has 0 aliphatic heterocycles. The van der Waals surface area contributed by atoms with Gasteiger partial charge in [-0.25, -0.2) is 8.42 Å². The second kappa shape index (κ2) is 12.0. The van der Waals surface area contributed by atoms with E-state index in [0.717, 1.165) is 9.87 Å². The number of carbonyl (C=O) groups is 2. The van der Waals surface area contributed by atoms with E-state index in [4.69, 9.17) is 11.6 Å². The summed E-state index contributed by atoms with van der Waals surface area (Å²) < 4.78 is 28.6. The lowest BCUT2D eigenvalue weighted by atomic mass is 10.1. The van der Waals surface area contributed by atoms with E-state index < -0.39 is 34.1 Å². The molecule has 9 heteroatoms. The fourth-order valence-electron chi connectivity index (χ4n) is 3.92. The Morgan fingerprint density at radius 3 is 2.21 bits per heavy atom. The van der Waals surface area contributed by atoms with Crippen molar-refractivity contribution in [2.75, 3.05) is 10.8 Å². The molecule has 0 fully saturated rings. The first-order valence-corrected chi connectivity index (χ1v) is 14.1. The average molecular weight is 556 g/mol. The van der Waals surface area contributed by atoms with Crippen LogP contribution in [-0.4, -0.2) is 43.3 Å². The van der Waals surface area contributed by atoms with Gasteiger partial charge in [-0.05, 0) is 82.1 Å². The maximum atomic E-state index is 13.9. The van der Waals surface area contributed by atoms with Crippen molar-refractivity contribution in [3.63, 3.8) is 0 Å². The lowest BCUT2D eigenvalue weighted by molar-refractivity contribution is -0.140. The first-order valence-electron chi connectivity index (χ1n) is 12.3. The van der Waals surface area contributed by atoms with Crippen LogP contribution in [0.15, 0.2) is 83.8 Å². The van der Waals surface area contributed by atoms with Crippen molar-refractivity contribution in [1.29, 1.82) is 0 Å². The number of hydrogen-bond donors (Lipinski definition) is 1. The van der Waals surface area contributed by atoms with E-state index in [0.29, 0.717) is 16.3 Å². The molecule has 3 aromatic carbocycles. The zero-order valence-electron chi connectivity index (χ0n) is 22.3. The van der Waals surface area contributed by atoms with Crippen molar-refractivity contribution in [1.82, 2.24) is 10.2 Å². The predicted molar refractivity (Wildman–Crippen MR) is 152 cm³/mol. The van der Waals surface area contributed by atoms with Crippen LogP contribution in [0.1, 0.15) is 38.8 Å². The molecule has 1 N–H and O–H groups in total. The molecule has 0 aliphatic carbocycles. The molecule has 0 aromatic heterocycles. The van der Waals surface area contributed by atoms with Gasteiger partial charge in [0.05, 0.1) is 10.6 Å². The molecule has 3 aromatic rings. The molecule has 0 spiro atoms. The Morgan fingerprint density at radius 2 is 1.61 bits per heavy atom. The minimum atomic E-state index is -4.09. The normalized spacial score (nSPS) is 12.5. The lowest BCUT2D eigenvalue weighted by Crippen LogP contribution is -2.54. The van der Waals surface area contributed by atoms with Crippen molar-refractivity contribution in [3.05, 3.63) is 95.0 Å². The van der Waals surface area contributed by atoms with Crippen LogP contribution in [0.2, 0.25) is 5.02 Å². The Kier molecular flexibility index (Phi) is 9.22. The molecule has 202 valence electrons. The first-order chi connectivity index (χ1) is 17.8. The predicted octanol–water partition coefficient (Wildman–Crippen LogP) is 5.18. The van der Waals surface area contributed by atoms with Crippen molar-refractivity contribution in [2.24, 2.45) is 0 Å². The number of hydrogen-bond acceptors (Lipinski definition) is 4. The van der Waals surface area contributed by atoms with Gasteiger partial charge in [-0.2, -0.15) is 0 Å². The minimum Gasteiger partial charge on any atom is -0.350 e. The highest BCUT2D eigenvalue weighted by Crippen LogP contribution is 2.25. The first kappa shape index (κ1) is 29.2. The minimum absolute atomic E-state index is 0.0641. The molecule has 38 heavy (non-hydrogen) atoms. The van der Waals surface area contributed by atoms with Gasteiger partial charge in [-0.3, -0.25) is 13.9 Å². The van der Waals surface area contributed by atoms with Gasteiger partial charge in [-0.15, -0.1) is 0 Å². The van der Waals surface area contributed by atoms with Gasteiger partial charge in [0.15, 0.2) is 0 Å². The van der Waals surface area contributed by atoms with Crippen molar-refractivity contribution in [3.8, 4) is 0 Å². The number of nitrogens with zero attached hydrogens (tertiary/aromatic N) is 2. The van der Waals surface area contributed by atoms with Crippen molar-refractivity contribution >= 4 is 39.1 Å². The van der Waals surface area contributed by atoms with Crippen LogP contribution in [0.25, 0.3) is 0 Å². The van der Waals surface area contributed by atoms with Gasteiger partial charge in [0.1, 0.15) is 12.6 Å². The van der Waals surface area contributed by atoms with Crippen LogP contribution in [-0.2, 0) is 26.2 Å². The Balaban J connectivity index is 2.03. The maximum absolute atomic E-state index is 13.9. The van der Waals surface area contributed by atoms with E-state index >= 15 is 0 Å². The number of sulfonamides is 1. The van der Waals surface area contributed by atoms with Gasteiger partial charge < -0.3 is 10.2 Å². The van der Waals surface area contributed by atoms with Crippen molar-refractivity contribution in [2.45, 2.75) is 57.6 Å². The smallest absolute Gasteiger partial charge is 0.264 e. The number of anilines is 1. The van der Waals surface area contributed by atoms with E-state index in [1.54, 1.807) is 67.6 Å². The number of nitrogens with one attached hydrogen (secondary N) is 1. The molecule has 3 rings (SSSR count). The summed E-state index contributed by atoms with van der Waals surface area (Å²) in [7, 11) is -4.09. The number of benzene rings is 3. The SMILES string of the molecule is Cc1cccc(N(CC(=O)N(Cc2cccc(Cl)c2)[C@H](C)C(=O)NC(C)(C)C)S(=O)(=O)c2ccccc2)c1. The van der Waals surface area contributed by atoms with E-state index in [1.165, 1.54) is 17.0 Å². The molecule has 1 atom stereocenters. The average Bonchev–Trinajstić information content (AvgIpc) is 2.84. The molecule has 0 radical (unpaired) electrons. The summed E-state index contributed by atoms with van der Waals surface area (Å²) in [6.45, 7) is 8.63. The van der Waals surface area contributed by atoms with Crippen LogP contribution in [0.3, 0.4) is 0 Å². The fourth-order valence-corrected chi connectivity index (χ4v) is 5.56. The van der Waals surface area contributed by atoms with E-state index in [1.807, 2.05) is 33.8 Å². The molecule has 7 nitrogen and oxygen atoms in total. The van der Waals surface area contributed by atoms with Crippen LogP contribution in [0, 0.1) is 6.92 Å². The van der Waals surface area contributed by atoms with Crippen LogP contribution in [0.4, 0.5) is 5.69 Å². The monoisotopic (exact) mass is 555 g/mol. The second-order valence-corrected chi connectivity index (χ2v) is 12.5. The Labute approximate surface area is 230 Å². The summed E-state index contributed by atoms with van der Waals surface area (Å²) in [6.07, 6.45) is 0. The quantitative estimate of drug-likeness (QED) is 0.394. The Hall–Kier alpha value is -3.36. The van der Waals surface area contributed by atoms with E-state index in [-0.39, 0.29) is 17.3 Å². The third-order valence-electron chi connectivity index (χ3n) is 5.81. The summed E-state index contributed by atoms with van der Waals surface area (Å²) in [5.41, 5.74) is 1.41. The Morgan fingerprint density at radius 1 is 0.947 bits per heavy atom. The third kappa shape index (κ3) is 7.58. The van der Waals surface area contributed by atoms with Crippen LogP contribution in [0.5, 0.6) is 0 Å². The summed E-state index contributed by atoms with van der Waals surface area (Å²) in [6, 6.07) is 21.1. The second-order valence-electron chi connectivity index (χ2n) is 10.2. The highest BCUT2D eigenvalue weighted by molar-refractivity contribution is 7.92. The van der Waals surface area contributed by atoms with Gasteiger partial charge in [0.25, 0.3) is 10.0 Å². The fraction of sp³-hybridized carbons (Fsp3) is 0.310. The van der Waals surface area contributed by atoms with Gasteiger partial charge >= 0.3 is 0 Å². The highest BCUT2D eigenvalue weighted by atomic mass is 35.5. The summed E-state index contributed by atoms with van der Waals surface area (Å²) in [5.74, 6) is -0.872. The summed E-state index contributed by atoms with van der Waals surface area (Å²) >= 11 is 6.17. The Bertz CT molecular complexity index is 1390. The van der Waals surface area contributed by atoms with Crippen LogP contribution >= 0.6 is 11.6 Å². The van der Waals surface area contributed by atoms with E-state index in [9.17, 15) is 18.0 Å². The maximum Gasteiger partial charge on any atom is 0.264 e. The molecule has 0 unspecified atom stereocenters. The van der Waals surface area contributed by atoms with Gasteiger partial charge in [0, 0.05) is 17.1 Å². The van der Waals surface area contributed by atoms with Gasteiger partial charge in [0.2, 0.25) is 11.8 Å². The molecular weight excluding hydrogens is 522 g/mol. The van der Waals surface area contributed by atoms with Crippen LogP contribution < -0.4 is 9.62 Å². The molecule has 0 saturated heterocycles. The molecule has 0 aliphatic rings. The number of rotatable bonds is 9. The molecule has 0 heterocycles. The summed E-state index contributed by atoms with van der Waals surface area (Å²) in [4.78, 5) is 28.5. The largest absolute Gasteiger partial charge is 0.350 e. The number of carbonyl (C=O) groups excluding carboxylic acids is 2. The number of amides is 2. The number of aryl methyl sites for hydroxylation is 1. The zero-order chi connectivity index (χ0) is 28.1. The topological polar surface area (TPSA) is 86.8 Å². The lowest BCUT2D eigenvalue weighted by Gasteiger charge is -2.33. The third-order valence-corrected chi connectivity index (χ3v) is 7.83. The molecule has 2 amide bonds. The van der Waals surface area contributed by atoms with Crippen molar-refractivity contribution < 1.29 is 18.0 Å². The number of halogens is 1. The van der Waals surface area contributed by atoms with Gasteiger partial charge in [-0.1, -0.05) is 54.1 Å². The van der Waals surface area contributed by atoms with E-state index in [2.05, 4.69) is 5.32 Å². The zero-order valence-corrected chi connectivity index (χ0v) is 23.9. The standard InChI is InChI=1S/C29H34ClN3O4S/c1-21-11-9-14-25(17-21)33(38(36,37)26-15-7-6-8-16-26)20-27(34)32(19-23-12-10-13-24(30)18-23)22(2)28(35)31-29(3,4)5/h6-18,22H,19-20H2,1-5H3,(H,31,35)/t22-/m1/s1.